The highest BCUT2D eigenvalue weighted by molar-refractivity contribution is 6.29. The van der Waals surface area contributed by atoms with Crippen molar-refractivity contribution in [2.75, 3.05) is 23.8 Å². The molecule has 0 radical (unpaired) electrons. The lowest BCUT2D eigenvalue weighted by atomic mass is 10.1. The van der Waals surface area contributed by atoms with Crippen LogP contribution in [-0.4, -0.2) is 35.3 Å². The van der Waals surface area contributed by atoms with Gasteiger partial charge in [0.25, 0.3) is 0 Å². The van der Waals surface area contributed by atoms with Crippen LogP contribution in [0.1, 0.15) is 20.3 Å². The molecule has 2 rings (SSSR count). The minimum atomic E-state index is 0.188. The molecule has 0 amide bonds. The Bertz CT molecular complexity index is 381. The lowest BCUT2D eigenvalue weighted by molar-refractivity contribution is 0.0296. The SMILES string of the molecule is CCC1COC(C)CN1c1cc(Cl)nc(N)n1. The highest BCUT2D eigenvalue weighted by atomic mass is 35.5. The molecule has 1 fully saturated rings. The van der Waals surface area contributed by atoms with E-state index in [1.54, 1.807) is 6.07 Å². The predicted octanol–water partition coefficient (Wildman–Crippen LogP) is 1.72. The zero-order chi connectivity index (χ0) is 12.4. The third kappa shape index (κ3) is 2.79. The number of nitrogens with zero attached hydrogens (tertiary/aromatic N) is 3. The van der Waals surface area contributed by atoms with Gasteiger partial charge in [-0.15, -0.1) is 0 Å². The van der Waals surface area contributed by atoms with Crippen molar-refractivity contribution in [2.24, 2.45) is 0 Å². The number of halogens is 1. The van der Waals surface area contributed by atoms with Crippen LogP contribution in [-0.2, 0) is 4.74 Å². The van der Waals surface area contributed by atoms with Gasteiger partial charge in [0.1, 0.15) is 11.0 Å². The van der Waals surface area contributed by atoms with E-state index in [4.69, 9.17) is 22.1 Å². The summed E-state index contributed by atoms with van der Waals surface area (Å²) in [5.74, 6) is 0.992. The molecular formula is C11H17ClN4O. The number of morpholine rings is 1. The van der Waals surface area contributed by atoms with E-state index in [9.17, 15) is 0 Å². The van der Waals surface area contributed by atoms with Crippen LogP contribution in [0.15, 0.2) is 6.07 Å². The van der Waals surface area contributed by atoms with Crippen molar-refractivity contribution in [2.45, 2.75) is 32.4 Å². The maximum Gasteiger partial charge on any atom is 0.223 e. The summed E-state index contributed by atoms with van der Waals surface area (Å²) in [6, 6.07) is 2.06. The normalized spacial score (nSPS) is 25.0. The third-order valence-electron chi connectivity index (χ3n) is 2.93. The Morgan fingerprint density at radius 3 is 3.00 bits per heavy atom. The first kappa shape index (κ1) is 12.4. The van der Waals surface area contributed by atoms with Gasteiger partial charge in [-0.25, -0.2) is 4.98 Å². The highest BCUT2D eigenvalue weighted by Crippen LogP contribution is 2.24. The van der Waals surface area contributed by atoms with Gasteiger partial charge in [-0.1, -0.05) is 18.5 Å². The summed E-state index contributed by atoms with van der Waals surface area (Å²) >= 11 is 5.91. The van der Waals surface area contributed by atoms with Gasteiger partial charge in [-0.2, -0.15) is 4.98 Å². The Morgan fingerprint density at radius 1 is 1.59 bits per heavy atom. The van der Waals surface area contributed by atoms with Gasteiger partial charge in [0.15, 0.2) is 0 Å². The Hall–Kier alpha value is -1.07. The maximum absolute atomic E-state index is 5.91. The van der Waals surface area contributed by atoms with E-state index in [1.165, 1.54) is 0 Å². The summed E-state index contributed by atoms with van der Waals surface area (Å²) < 4.78 is 5.64. The van der Waals surface area contributed by atoms with Gasteiger partial charge in [-0.05, 0) is 13.3 Å². The Balaban J connectivity index is 2.28. The second-order valence-corrected chi connectivity index (χ2v) is 4.65. The van der Waals surface area contributed by atoms with Crippen molar-refractivity contribution in [1.82, 2.24) is 9.97 Å². The number of ether oxygens (including phenoxy) is 1. The van der Waals surface area contributed by atoms with Crippen LogP contribution in [0.2, 0.25) is 5.15 Å². The second-order valence-electron chi connectivity index (χ2n) is 4.27. The van der Waals surface area contributed by atoms with Crippen LogP contribution in [0.3, 0.4) is 0 Å². The molecule has 0 aromatic carbocycles. The minimum absolute atomic E-state index is 0.188. The summed E-state index contributed by atoms with van der Waals surface area (Å²) in [6.45, 7) is 5.68. The van der Waals surface area contributed by atoms with E-state index in [-0.39, 0.29) is 12.1 Å². The standard InChI is InChI=1S/C11H17ClN4O/c1-3-8-6-17-7(2)5-16(8)10-4-9(12)14-11(13)15-10/h4,7-8H,3,5-6H2,1-2H3,(H2,13,14,15). The fourth-order valence-corrected chi connectivity index (χ4v) is 2.22. The topological polar surface area (TPSA) is 64.3 Å². The molecule has 6 heteroatoms. The molecule has 1 aromatic heterocycles. The average molecular weight is 257 g/mol. The van der Waals surface area contributed by atoms with Crippen molar-refractivity contribution in [1.29, 1.82) is 0 Å². The number of nitrogens with two attached hydrogens (primary N) is 1. The summed E-state index contributed by atoms with van der Waals surface area (Å²) in [5, 5.41) is 0.376. The van der Waals surface area contributed by atoms with Gasteiger partial charge in [0.05, 0.1) is 18.8 Å². The monoisotopic (exact) mass is 256 g/mol. The van der Waals surface area contributed by atoms with E-state index in [1.807, 2.05) is 6.92 Å². The first-order valence-corrected chi connectivity index (χ1v) is 6.16. The average Bonchev–Trinajstić information content (AvgIpc) is 2.27. The summed E-state index contributed by atoms with van der Waals surface area (Å²) in [6.07, 6.45) is 1.18. The molecule has 1 aliphatic rings. The molecule has 17 heavy (non-hydrogen) atoms. The van der Waals surface area contributed by atoms with Gasteiger partial charge in [0.2, 0.25) is 5.95 Å². The zero-order valence-electron chi connectivity index (χ0n) is 10.1. The number of hydrogen-bond donors (Lipinski definition) is 1. The molecule has 0 bridgehead atoms. The molecule has 2 heterocycles. The first-order chi connectivity index (χ1) is 8.10. The van der Waals surface area contributed by atoms with Crippen LogP contribution in [0.25, 0.3) is 0 Å². The van der Waals surface area contributed by atoms with E-state index >= 15 is 0 Å². The molecule has 2 atom stereocenters. The van der Waals surface area contributed by atoms with Crippen LogP contribution >= 0.6 is 11.6 Å². The van der Waals surface area contributed by atoms with E-state index < -0.39 is 0 Å². The van der Waals surface area contributed by atoms with E-state index in [2.05, 4.69) is 21.8 Å². The van der Waals surface area contributed by atoms with Crippen LogP contribution < -0.4 is 10.6 Å². The van der Waals surface area contributed by atoms with Crippen LogP contribution in [0.5, 0.6) is 0 Å². The Kier molecular flexibility index (Phi) is 3.69. The van der Waals surface area contributed by atoms with E-state index in [0.29, 0.717) is 17.8 Å². The molecule has 94 valence electrons. The van der Waals surface area contributed by atoms with Crippen LogP contribution in [0, 0.1) is 0 Å². The summed E-state index contributed by atoms with van der Waals surface area (Å²) in [4.78, 5) is 10.3. The molecule has 0 spiro atoms. The van der Waals surface area contributed by atoms with Gasteiger partial charge in [0, 0.05) is 12.6 Å². The fourth-order valence-electron chi connectivity index (χ4n) is 2.03. The molecule has 1 aliphatic heterocycles. The Morgan fingerprint density at radius 2 is 2.35 bits per heavy atom. The minimum Gasteiger partial charge on any atom is -0.375 e. The lowest BCUT2D eigenvalue weighted by Gasteiger charge is -2.39. The summed E-state index contributed by atoms with van der Waals surface area (Å²) in [5.41, 5.74) is 5.62. The van der Waals surface area contributed by atoms with Crippen molar-refractivity contribution in [3.8, 4) is 0 Å². The maximum atomic E-state index is 5.91. The zero-order valence-corrected chi connectivity index (χ0v) is 10.8. The van der Waals surface area contributed by atoms with Gasteiger partial charge in [-0.3, -0.25) is 0 Å². The molecule has 2 unspecified atom stereocenters. The molecule has 0 saturated carbocycles. The smallest absolute Gasteiger partial charge is 0.223 e. The molecular weight excluding hydrogens is 240 g/mol. The van der Waals surface area contributed by atoms with Gasteiger partial charge < -0.3 is 15.4 Å². The summed E-state index contributed by atoms with van der Waals surface area (Å²) in [7, 11) is 0. The lowest BCUT2D eigenvalue weighted by Crippen LogP contribution is -2.49. The first-order valence-electron chi connectivity index (χ1n) is 5.78. The second kappa shape index (κ2) is 5.06. The van der Waals surface area contributed by atoms with Crippen molar-refractivity contribution < 1.29 is 4.74 Å². The van der Waals surface area contributed by atoms with Crippen molar-refractivity contribution in [3.05, 3.63) is 11.2 Å². The predicted molar refractivity (Wildman–Crippen MR) is 68.3 cm³/mol. The third-order valence-corrected chi connectivity index (χ3v) is 3.13. The van der Waals surface area contributed by atoms with Crippen LogP contribution in [0.4, 0.5) is 11.8 Å². The number of nitrogen functional groups attached to an aromatic ring is 1. The molecule has 0 aliphatic carbocycles. The largest absolute Gasteiger partial charge is 0.375 e. The number of aromatic nitrogens is 2. The molecule has 2 N–H and O–H groups in total. The number of anilines is 2. The molecule has 1 aromatic rings. The molecule has 1 saturated heterocycles. The Labute approximate surface area is 106 Å². The fraction of sp³-hybridized carbons (Fsp3) is 0.636. The van der Waals surface area contributed by atoms with Crippen molar-refractivity contribution in [3.63, 3.8) is 0 Å². The van der Waals surface area contributed by atoms with E-state index in [0.717, 1.165) is 18.8 Å². The number of rotatable bonds is 2. The molecule has 5 nitrogen and oxygen atoms in total. The van der Waals surface area contributed by atoms with Gasteiger partial charge >= 0.3 is 0 Å². The number of hydrogen-bond acceptors (Lipinski definition) is 5. The van der Waals surface area contributed by atoms with Crippen molar-refractivity contribution >= 4 is 23.4 Å². The quantitative estimate of drug-likeness (QED) is 0.817. The highest BCUT2D eigenvalue weighted by Gasteiger charge is 2.27.